The Morgan fingerprint density at radius 3 is 2.71 bits per heavy atom. The smallest absolute Gasteiger partial charge is 0.350 e. The maximum Gasteiger partial charge on any atom is 0.445 e. The molecule has 3 aromatic rings. The fourth-order valence-electron chi connectivity index (χ4n) is 2.43. The molecule has 0 bridgehead atoms. The Morgan fingerprint density at radius 2 is 2.07 bits per heavy atom. The van der Waals surface area contributed by atoms with Crippen LogP contribution in [0.1, 0.15) is 31.0 Å². The number of benzene rings is 1. The normalized spacial score (nSPS) is 13.4. The van der Waals surface area contributed by atoms with Crippen LogP contribution in [0.3, 0.4) is 0 Å². The molecule has 2 aromatic heterocycles. The van der Waals surface area contributed by atoms with Crippen LogP contribution in [0.4, 0.5) is 17.6 Å². The molecule has 148 valence electrons. The minimum atomic E-state index is -4.63. The summed E-state index contributed by atoms with van der Waals surface area (Å²) in [5.74, 6) is -1.00. The first-order chi connectivity index (χ1) is 13.2. The monoisotopic (exact) mass is 412 g/mol. The number of amides is 1. The van der Waals surface area contributed by atoms with E-state index in [1.807, 2.05) is 13.8 Å². The largest absolute Gasteiger partial charge is 0.445 e. The fourth-order valence-corrected chi connectivity index (χ4v) is 3.20. The second-order valence-electron chi connectivity index (χ2n) is 6.08. The molecule has 1 atom stereocenters. The van der Waals surface area contributed by atoms with Crippen molar-refractivity contribution in [3.05, 3.63) is 46.9 Å². The van der Waals surface area contributed by atoms with Crippen LogP contribution < -0.4 is 5.32 Å². The first-order valence-corrected chi connectivity index (χ1v) is 9.22. The number of fused-ring (bicyclic) bond motifs is 1. The van der Waals surface area contributed by atoms with Crippen molar-refractivity contribution < 1.29 is 22.4 Å². The summed E-state index contributed by atoms with van der Waals surface area (Å²) in [6, 6.07) is 5.70. The molecular formula is C18H16F4N4OS. The van der Waals surface area contributed by atoms with Gasteiger partial charge in [-0.15, -0.1) is 5.10 Å². The number of hydrogen-bond donors (Lipinski definition) is 1. The Bertz CT molecular complexity index is 1040. The van der Waals surface area contributed by atoms with Crippen molar-refractivity contribution in [1.82, 2.24) is 19.9 Å². The highest BCUT2D eigenvalue weighted by Crippen LogP contribution is 2.35. The minimum Gasteiger partial charge on any atom is -0.350 e. The van der Waals surface area contributed by atoms with Crippen LogP contribution in [0.2, 0.25) is 0 Å². The molecule has 5 nitrogen and oxygen atoms in total. The number of nitrogens with one attached hydrogen (secondary N) is 1. The summed E-state index contributed by atoms with van der Waals surface area (Å²) in [5.41, 5.74) is 0.306. The van der Waals surface area contributed by atoms with Gasteiger partial charge in [0.15, 0.2) is 0 Å². The average Bonchev–Trinajstić information content (AvgIpc) is 3.18. The molecule has 0 saturated heterocycles. The molecule has 0 aliphatic rings. The molecule has 1 amide bonds. The van der Waals surface area contributed by atoms with E-state index in [0.29, 0.717) is 11.3 Å². The van der Waals surface area contributed by atoms with Crippen molar-refractivity contribution in [1.29, 1.82) is 0 Å². The zero-order valence-electron chi connectivity index (χ0n) is 14.9. The molecule has 0 aliphatic carbocycles. The fraction of sp³-hybridized carbons (Fsp3) is 0.278. The van der Waals surface area contributed by atoms with Gasteiger partial charge in [0.05, 0.1) is 5.69 Å². The van der Waals surface area contributed by atoms with Crippen LogP contribution in [-0.2, 0) is 11.0 Å². The zero-order chi connectivity index (χ0) is 20.5. The van der Waals surface area contributed by atoms with Crippen LogP contribution >= 0.6 is 11.3 Å². The summed E-state index contributed by atoms with van der Waals surface area (Å²) in [4.78, 5) is 16.1. The van der Waals surface area contributed by atoms with Crippen molar-refractivity contribution in [3.8, 4) is 11.3 Å². The summed E-state index contributed by atoms with van der Waals surface area (Å²) >= 11 is 0.347. The molecule has 1 unspecified atom stereocenters. The molecule has 0 fully saturated rings. The molecule has 0 saturated carbocycles. The summed E-state index contributed by atoms with van der Waals surface area (Å²) < 4.78 is 54.2. The average molecular weight is 412 g/mol. The van der Waals surface area contributed by atoms with E-state index in [1.54, 1.807) is 6.07 Å². The maximum absolute atomic E-state index is 14.2. The minimum absolute atomic E-state index is 0.0486. The lowest BCUT2D eigenvalue weighted by molar-refractivity contribution is -0.138. The molecule has 28 heavy (non-hydrogen) atoms. The molecule has 0 aliphatic heterocycles. The van der Waals surface area contributed by atoms with Crippen LogP contribution in [0.15, 0.2) is 30.3 Å². The summed E-state index contributed by atoms with van der Waals surface area (Å²) in [7, 11) is 0. The van der Waals surface area contributed by atoms with Gasteiger partial charge >= 0.3 is 6.18 Å². The number of rotatable bonds is 5. The molecule has 1 N–H and O–H groups in total. The van der Waals surface area contributed by atoms with Crippen LogP contribution in [0.5, 0.6) is 0 Å². The van der Waals surface area contributed by atoms with Gasteiger partial charge in [0.2, 0.25) is 15.9 Å². The second-order valence-corrected chi connectivity index (χ2v) is 7.03. The van der Waals surface area contributed by atoms with E-state index in [9.17, 15) is 22.4 Å². The predicted octanol–water partition coefficient (Wildman–Crippen LogP) is 4.54. The van der Waals surface area contributed by atoms with Crippen molar-refractivity contribution in [3.63, 3.8) is 0 Å². The lowest BCUT2D eigenvalue weighted by Gasteiger charge is -2.08. The summed E-state index contributed by atoms with van der Waals surface area (Å²) in [6.07, 6.45) is -1.44. The van der Waals surface area contributed by atoms with Gasteiger partial charge < -0.3 is 5.32 Å². The van der Waals surface area contributed by atoms with Crippen molar-refractivity contribution >= 4 is 28.3 Å². The number of carbonyl (C=O) groups is 1. The topological polar surface area (TPSA) is 59.3 Å². The highest BCUT2D eigenvalue weighted by atomic mass is 32.1. The van der Waals surface area contributed by atoms with E-state index in [-0.39, 0.29) is 28.0 Å². The lowest BCUT2D eigenvalue weighted by Crippen LogP contribution is -2.30. The van der Waals surface area contributed by atoms with E-state index in [1.165, 1.54) is 30.4 Å². The first-order valence-electron chi connectivity index (χ1n) is 8.41. The van der Waals surface area contributed by atoms with Crippen LogP contribution in [0, 0.1) is 5.82 Å². The number of alkyl halides is 3. The van der Waals surface area contributed by atoms with Gasteiger partial charge in [-0.1, -0.05) is 30.4 Å². The lowest BCUT2D eigenvalue weighted by atomic mass is 10.1. The Hall–Kier alpha value is -2.75. The number of imidazole rings is 1. The molecule has 2 heterocycles. The first kappa shape index (κ1) is 20.0. The van der Waals surface area contributed by atoms with Gasteiger partial charge in [-0.05, 0) is 31.6 Å². The van der Waals surface area contributed by atoms with Crippen molar-refractivity contribution in [2.45, 2.75) is 32.5 Å². The SMILES string of the molecule is CCC(C)NC(=O)/C=C/c1c(-c2ccccc2F)nc2sc(C(F)(F)F)nn12. The van der Waals surface area contributed by atoms with E-state index in [4.69, 9.17) is 0 Å². The molecule has 0 spiro atoms. The quantitative estimate of drug-likeness (QED) is 0.494. The Kier molecular flexibility index (Phi) is 5.50. The van der Waals surface area contributed by atoms with Gasteiger partial charge in [0.25, 0.3) is 0 Å². The number of nitrogens with zero attached hydrogens (tertiary/aromatic N) is 3. The molecule has 3 rings (SSSR count). The number of hydrogen-bond acceptors (Lipinski definition) is 4. The van der Waals surface area contributed by atoms with Crippen LogP contribution in [-0.4, -0.2) is 26.5 Å². The Labute approximate surface area is 161 Å². The molecule has 1 aromatic carbocycles. The van der Waals surface area contributed by atoms with Gasteiger partial charge in [-0.3, -0.25) is 4.79 Å². The third-order valence-electron chi connectivity index (χ3n) is 4.00. The summed E-state index contributed by atoms with van der Waals surface area (Å²) in [6.45, 7) is 3.73. The number of carbonyl (C=O) groups excluding carboxylic acids is 1. The van der Waals surface area contributed by atoms with Gasteiger partial charge in [0, 0.05) is 17.7 Å². The highest BCUT2D eigenvalue weighted by molar-refractivity contribution is 7.16. The number of halogens is 4. The Balaban J connectivity index is 2.10. The Morgan fingerprint density at radius 1 is 1.36 bits per heavy atom. The highest BCUT2D eigenvalue weighted by Gasteiger charge is 2.36. The van der Waals surface area contributed by atoms with E-state index < -0.39 is 22.9 Å². The third-order valence-corrected chi connectivity index (χ3v) is 4.96. The standard InChI is InChI=1S/C18H16F4N4OS/c1-3-10(2)23-14(27)9-8-13-15(11-6-4-5-7-12(11)19)24-17-26(13)25-16(28-17)18(20,21)22/h4-10H,3H2,1-2H3,(H,23,27)/b9-8+. The van der Waals surface area contributed by atoms with Gasteiger partial charge in [-0.2, -0.15) is 13.2 Å². The van der Waals surface area contributed by atoms with Crippen LogP contribution in [0.25, 0.3) is 22.3 Å². The molecule has 10 heteroatoms. The van der Waals surface area contributed by atoms with Crippen molar-refractivity contribution in [2.24, 2.45) is 0 Å². The maximum atomic E-state index is 14.2. The van der Waals surface area contributed by atoms with Crippen molar-refractivity contribution in [2.75, 3.05) is 0 Å². The summed E-state index contributed by atoms with van der Waals surface area (Å²) in [5, 5.41) is 5.19. The van der Waals surface area contributed by atoms with E-state index >= 15 is 0 Å². The third kappa shape index (κ3) is 4.06. The van der Waals surface area contributed by atoms with Gasteiger partial charge in [0.1, 0.15) is 11.5 Å². The molecular weight excluding hydrogens is 396 g/mol. The van der Waals surface area contributed by atoms with E-state index in [0.717, 1.165) is 10.9 Å². The van der Waals surface area contributed by atoms with Gasteiger partial charge in [-0.25, -0.2) is 13.9 Å². The number of aromatic nitrogens is 3. The molecule has 0 radical (unpaired) electrons. The van der Waals surface area contributed by atoms with E-state index in [2.05, 4.69) is 15.4 Å². The zero-order valence-corrected chi connectivity index (χ0v) is 15.7. The second kappa shape index (κ2) is 7.70. The predicted molar refractivity (Wildman–Crippen MR) is 98.2 cm³/mol.